The van der Waals surface area contributed by atoms with E-state index < -0.39 is 0 Å². The van der Waals surface area contributed by atoms with E-state index in [9.17, 15) is 9.90 Å². The molecule has 1 saturated carbocycles. The van der Waals surface area contributed by atoms with Crippen LogP contribution >= 0.6 is 0 Å². The van der Waals surface area contributed by atoms with Crippen LogP contribution in [0.3, 0.4) is 0 Å². The lowest BCUT2D eigenvalue weighted by molar-refractivity contribution is -0.127. The highest BCUT2D eigenvalue weighted by Gasteiger charge is 2.24. The first-order valence-corrected chi connectivity index (χ1v) is 10.3. The smallest absolute Gasteiger partial charge is 0.223 e. The van der Waals surface area contributed by atoms with Crippen molar-refractivity contribution in [3.63, 3.8) is 0 Å². The molecular formula is C25H27NO3. The van der Waals surface area contributed by atoms with Crippen molar-refractivity contribution in [2.24, 2.45) is 5.92 Å². The Bertz CT molecular complexity index is 1020. The summed E-state index contributed by atoms with van der Waals surface area (Å²) in [7, 11) is 1.68. The molecule has 0 aliphatic heterocycles. The van der Waals surface area contributed by atoms with Crippen molar-refractivity contribution >= 4 is 16.7 Å². The lowest BCUT2D eigenvalue weighted by Crippen LogP contribution is -2.35. The molecule has 4 heteroatoms. The maximum Gasteiger partial charge on any atom is 0.223 e. The third kappa shape index (κ3) is 4.28. The molecule has 1 aliphatic carbocycles. The molecule has 0 bridgehead atoms. The van der Waals surface area contributed by atoms with Crippen LogP contribution in [-0.4, -0.2) is 24.7 Å². The van der Waals surface area contributed by atoms with Gasteiger partial charge in [-0.2, -0.15) is 0 Å². The van der Waals surface area contributed by atoms with Crippen LogP contribution in [-0.2, 0) is 17.8 Å². The van der Waals surface area contributed by atoms with E-state index in [4.69, 9.17) is 4.74 Å². The minimum atomic E-state index is 0.0265. The molecule has 0 atom stereocenters. The number of carbonyl (C=O) groups excluding carboxylic acids is 1. The minimum Gasteiger partial charge on any atom is -0.497 e. The van der Waals surface area contributed by atoms with Crippen LogP contribution < -0.4 is 10.1 Å². The number of benzene rings is 3. The SMILES string of the molecule is COc1ccc2cc(-c3cccc(CO)c3)cc(CCNC(=O)C3CCC3)c2c1. The Labute approximate surface area is 171 Å². The lowest BCUT2D eigenvalue weighted by Gasteiger charge is -2.24. The van der Waals surface area contributed by atoms with E-state index in [2.05, 4.69) is 35.6 Å². The molecule has 3 aromatic carbocycles. The van der Waals surface area contributed by atoms with Gasteiger partial charge < -0.3 is 15.2 Å². The van der Waals surface area contributed by atoms with Crippen LogP contribution in [0, 0.1) is 5.92 Å². The Hall–Kier alpha value is -2.85. The molecule has 1 fully saturated rings. The van der Waals surface area contributed by atoms with Crippen LogP contribution in [0.5, 0.6) is 5.75 Å². The highest BCUT2D eigenvalue weighted by Crippen LogP contribution is 2.31. The van der Waals surface area contributed by atoms with Crippen LogP contribution in [0.25, 0.3) is 21.9 Å². The Morgan fingerprint density at radius 1 is 1.10 bits per heavy atom. The molecule has 0 saturated heterocycles. The number of hydrogen-bond acceptors (Lipinski definition) is 3. The van der Waals surface area contributed by atoms with E-state index in [-0.39, 0.29) is 18.4 Å². The zero-order valence-corrected chi connectivity index (χ0v) is 16.8. The quantitative estimate of drug-likeness (QED) is 0.627. The monoisotopic (exact) mass is 389 g/mol. The number of ether oxygens (including phenoxy) is 1. The average molecular weight is 389 g/mol. The second-order valence-electron chi connectivity index (χ2n) is 7.75. The van der Waals surface area contributed by atoms with Crippen LogP contribution in [0.1, 0.15) is 30.4 Å². The normalized spacial score (nSPS) is 13.9. The molecular weight excluding hydrogens is 362 g/mol. The van der Waals surface area contributed by atoms with Crippen molar-refractivity contribution < 1.29 is 14.6 Å². The molecule has 29 heavy (non-hydrogen) atoms. The molecule has 1 amide bonds. The summed E-state index contributed by atoms with van der Waals surface area (Å²) in [6.07, 6.45) is 3.96. The molecule has 4 rings (SSSR count). The number of hydrogen-bond donors (Lipinski definition) is 2. The number of amides is 1. The highest BCUT2D eigenvalue weighted by atomic mass is 16.5. The van der Waals surface area contributed by atoms with Crippen LogP contribution in [0.15, 0.2) is 54.6 Å². The van der Waals surface area contributed by atoms with Crippen molar-refractivity contribution in [2.75, 3.05) is 13.7 Å². The predicted octanol–water partition coefficient (Wildman–Crippen LogP) is 4.47. The molecule has 0 heterocycles. The Morgan fingerprint density at radius 2 is 1.97 bits per heavy atom. The predicted molar refractivity (Wildman–Crippen MR) is 116 cm³/mol. The second-order valence-corrected chi connectivity index (χ2v) is 7.75. The summed E-state index contributed by atoms with van der Waals surface area (Å²) in [6, 6.07) is 18.4. The van der Waals surface area contributed by atoms with Gasteiger partial charge in [-0.15, -0.1) is 0 Å². The summed E-state index contributed by atoms with van der Waals surface area (Å²) in [4.78, 5) is 12.2. The fourth-order valence-corrected chi connectivity index (χ4v) is 3.90. The number of aliphatic hydroxyl groups is 1. The van der Waals surface area contributed by atoms with Gasteiger partial charge >= 0.3 is 0 Å². The Morgan fingerprint density at radius 3 is 2.69 bits per heavy atom. The summed E-state index contributed by atoms with van der Waals surface area (Å²) in [5.41, 5.74) is 4.26. The molecule has 4 nitrogen and oxygen atoms in total. The standard InChI is InChI=1S/C25H27NO3/c1-29-23-9-8-20-13-22(19-7-2-4-17(12-19)16-27)14-21(24(20)15-23)10-11-26-25(28)18-5-3-6-18/h2,4,7-9,12-15,18,27H,3,5-6,10-11,16H2,1H3,(H,26,28). The van der Waals surface area contributed by atoms with Crippen LogP contribution in [0.2, 0.25) is 0 Å². The van der Waals surface area contributed by atoms with E-state index in [1.165, 1.54) is 5.56 Å². The molecule has 1 aliphatic rings. The maximum absolute atomic E-state index is 12.2. The fraction of sp³-hybridized carbons (Fsp3) is 0.320. The number of methoxy groups -OCH3 is 1. The molecule has 2 N–H and O–H groups in total. The minimum absolute atomic E-state index is 0.0265. The molecule has 0 aromatic heterocycles. The van der Waals surface area contributed by atoms with Gasteiger partial charge in [0.25, 0.3) is 0 Å². The molecule has 0 spiro atoms. The van der Waals surface area contributed by atoms with Crippen molar-refractivity contribution in [3.05, 3.63) is 65.7 Å². The van der Waals surface area contributed by atoms with Gasteiger partial charge in [0.05, 0.1) is 13.7 Å². The Kier molecular flexibility index (Phi) is 5.81. The molecule has 3 aromatic rings. The van der Waals surface area contributed by atoms with E-state index in [1.807, 2.05) is 24.3 Å². The summed E-state index contributed by atoms with van der Waals surface area (Å²) in [5.74, 6) is 1.22. The van der Waals surface area contributed by atoms with Crippen LogP contribution in [0.4, 0.5) is 0 Å². The summed E-state index contributed by atoms with van der Waals surface area (Å²) >= 11 is 0. The highest BCUT2D eigenvalue weighted by molar-refractivity contribution is 5.91. The van der Waals surface area contributed by atoms with Gasteiger partial charge in [-0.25, -0.2) is 0 Å². The largest absolute Gasteiger partial charge is 0.497 e. The van der Waals surface area contributed by atoms with Gasteiger partial charge in [-0.05, 0) is 76.6 Å². The first-order chi connectivity index (χ1) is 14.2. The third-order valence-corrected chi connectivity index (χ3v) is 5.86. The van der Waals surface area contributed by atoms with Gasteiger partial charge in [0.1, 0.15) is 5.75 Å². The van der Waals surface area contributed by atoms with Crippen molar-refractivity contribution in [2.45, 2.75) is 32.3 Å². The number of nitrogens with one attached hydrogen (secondary N) is 1. The molecule has 150 valence electrons. The zero-order valence-electron chi connectivity index (χ0n) is 16.8. The van der Waals surface area contributed by atoms with E-state index in [1.54, 1.807) is 7.11 Å². The second kappa shape index (κ2) is 8.66. The maximum atomic E-state index is 12.2. The zero-order chi connectivity index (χ0) is 20.2. The lowest BCUT2D eigenvalue weighted by atomic mass is 9.85. The molecule has 0 unspecified atom stereocenters. The average Bonchev–Trinajstić information content (AvgIpc) is 2.72. The van der Waals surface area contributed by atoms with Gasteiger partial charge in [0.15, 0.2) is 0 Å². The summed E-state index contributed by atoms with van der Waals surface area (Å²) in [6.45, 7) is 0.653. The van der Waals surface area contributed by atoms with Crippen molar-refractivity contribution in [3.8, 4) is 16.9 Å². The number of aliphatic hydroxyl groups excluding tert-OH is 1. The van der Waals surface area contributed by atoms with E-state index >= 15 is 0 Å². The van der Waals surface area contributed by atoms with Gasteiger partial charge in [0, 0.05) is 12.5 Å². The first-order valence-electron chi connectivity index (χ1n) is 10.3. The van der Waals surface area contributed by atoms with Gasteiger partial charge in [-0.1, -0.05) is 36.8 Å². The molecule has 0 radical (unpaired) electrons. The number of fused-ring (bicyclic) bond motifs is 1. The topological polar surface area (TPSA) is 58.6 Å². The summed E-state index contributed by atoms with van der Waals surface area (Å²) in [5, 5.41) is 14.9. The van der Waals surface area contributed by atoms with E-state index in [0.717, 1.165) is 58.9 Å². The van der Waals surface area contributed by atoms with Gasteiger partial charge in [-0.3, -0.25) is 4.79 Å². The van der Waals surface area contributed by atoms with Crippen molar-refractivity contribution in [1.29, 1.82) is 0 Å². The van der Waals surface area contributed by atoms with Crippen molar-refractivity contribution in [1.82, 2.24) is 5.32 Å². The number of rotatable bonds is 7. The first kappa shape index (κ1) is 19.5. The Balaban J connectivity index is 1.65. The summed E-state index contributed by atoms with van der Waals surface area (Å²) < 4.78 is 5.42. The third-order valence-electron chi connectivity index (χ3n) is 5.86. The van der Waals surface area contributed by atoms with Gasteiger partial charge in [0.2, 0.25) is 5.91 Å². The number of carbonyl (C=O) groups is 1. The fourth-order valence-electron chi connectivity index (χ4n) is 3.90. The van der Waals surface area contributed by atoms with E-state index in [0.29, 0.717) is 6.54 Å².